The monoisotopic (exact) mass is 540 g/mol. The zero-order chi connectivity index (χ0) is 26.9. The summed E-state index contributed by atoms with van der Waals surface area (Å²) in [6.07, 6.45) is 11.4. The molecule has 1 aliphatic heterocycles. The first-order chi connectivity index (χ1) is 19.0. The first-order valence-corrected chi connectivity index (χ1v) is 14.9. The summed E-state index contributed by atoms with van der Waals surface area (Å²) >= 11 is 1.49. The molecule has 1 amide bonds. The van der Waals surface area contributed by atoms with E-state index < -0.39 is 0 Å². The number of hydrogen-bond donors (Lipinski definition) is 1. The van der Waals surface area contributed by atoms with E-state index in [1.165, 1.54) is 60.3 Å². The van der Waals surface area contributed by atoms with E-state index in [-0.39, 0.29) is 5.91 Å². The van der Waals surface area contributed by atoms with Gasteiger partial charge in [0.2, 0.25) is 0 Å². The molecule has 4 heterocycles. The van der Waals surface area contributed by atoms with Gasteiger partial charge in [0, 0.05) is 58.8 Å². The second-order valence-corrected chi connectivity index (χ2v) is 12.2. The minimum atomic E-state index is -0.108. The van der Waals surface area contributed by atoms with Gasteiger partial charge in [0.05, 0.1) is 6.20 Å². The molecule has 1 aliphatic carbocycles. The van der Waals surface area contributed by atoms with Crippen molar-refractivity contribution in [3.05, 3.63) is 75.7 Å². The second-order valence-electron chi connectivity index (χ2n) is 11.0. The molecule has 1 fully saturated rings. The largest absolute Gasteiger partial charge is 0.352 e. The molecule has 202 valence electrons. The van der Waals surface area contributed by atoms with E-state index in [0.29, 0.717) is 17.2 Å². The normalized spacial score (nSPS) is 15.8. The maximum Gasteiger partial charge on any atom is 0.257 e. The van der Waals surface area contributed by atoms with Crippen LogP contribution in [0, 0.1) is 26.7 Å². The molecule has 2 aliphatic rings. The number of pyridine rings is 1. The Morgan fingerprint density at radius 2 is 1.90 bits per heavy atom. The van der Waals surface area contributed by atoms with E-state index in [4.69, 9.17) is 10.1 Å². The third kappa shape index (κ3) is 5.35. The molecule has 1 saturated carbocycles. The second kappa shape index (κ2) is 10.9. The molecule has 1 N–H and O–H groups in total. The van der Waals surface area contributed by atoms with Gasteiger partial charge >= 0.3 is 0 Å². The van der Waals surface area contributed by atoms with Crippen LogP contribution in [0.5, 0.6) is 0 Å². The molecule has 0 spiro atoms. The van der Waals surface area contributed by atoms with Crippen molar-refractivity contribution >= 4 is 28.2 Å². The van der Waals surface area contributed by atoms with Crippen molar-refractivity contribution in [3.63, 3.8) is 0 Å². The standard InChI is InChI=1S/C31H36N6OS/c1-20-16-32-31(39-20)35-30(38)26-11-7-10-24-14-15-36(19-28(24)26)29-13-12-25(21(2)34-29)27-17-33-37(22(27)3)18-23-8-5-4-6-9-23/h7,10-13,16-17,23H,4-6,8-9,14-15,18-19H2,1-3H3,(H,32,35,38). The van der Waals surface area contributed by atoms with Crippen LogP contribution in [-0.4, -0.2) is 32.2 Å². The number of carbonyl (C=O) groups is 1. The fraction of sp³-hybridized carbons (Fsp3) is 0.419. The molecule has 7 nitrogen and oxygen atoms in total. The quantitative estimate of drug-likeness (QED) is 0.294. The Kier molecular flexibility index (Phi) is 7.21. The van der Waals surface area contributed by atoms with Crippen LogP contribution in [0.15, 0.2) is 42.7 Å². The van der Waals surface area contributed by atoms with Crippen LogP contribution in [0.3, 0.4) is 0 Å². The zero-order valence-electron chi connectivity index (χ0n) is 23.0. The van der Waals surface area contributed by atoms with Crippen LogP contribution in [0.1, 0.15) is 69.9 Å². The summed E-state index contributed by atoms with van der Waals surface area (Å²) < 4.78 is 2.19. The van der Waals surface area contributed by atoms with Gasteiger partial charge in [-0.05, 0) is 75.3 Å². The number of anilines is 2. The summed E-state index contributed by atoms with van der Waals surface area (Å²) in [5.41, 5.74) is 7.53. The summed E-state index contributed by atoms with van der Waals surface area (Å²) in [5, 5.41) is 8.37. The number of nitrogens with zero attached hydrogens (tertiary/aromatic N) is 5. The Hall–Kier alpha value is -3.52. The molecule has 3 aromatic heterocycles. The average molecular weight is 541 g/mol. The van der Waals surface area contributed by atoms with Gasteiger partial charge in [-0.3, -0.25) is 14.8 Å². The number of rotatable bonds is 6. The zero-order valence-corrected chi connectivity index (χ0v) is 23.9. The van der Waals surface area contributed by atoms with Gasteiger partial charge in [0.25, 0.3) is 5.91 Å². The van der Waals surface area contributed by atoms with E-state index in [1.54, 1.807) is 6.20 Å². The van der Waals surface area contributed by atoms with Gasteiger partial charge in [-0.25, -0.2) is 9.97 Å². The maximum atomic E-state index is 13.2. The molecule has 39 heavy (non-hydrogen) atoms. The molecule has 8 heteroatoms. The topological polar surface area (TPSA) is 75.9 Å². The number of hydrogen-bond acceptors (Lipinski definition) is 6. The van der Waals surface area contributed by atoms with Gasteiger partial charge in [-0.15, -0.1) is 11.3 Å². The Balaban J connectivity index is 1.20. The Labute approximate surface area is 234 Å². The minimum Gasteiger partial charge on any atom is -0.352 e. The van der Waals surface area contributed by atoms with Crippen LogP contribution in [0.25, 0.3) is 11.1 Å². The van der Waals surface area contributed by atoms with Gasteiger partial charge in [-0.2, -0.15) is 5.10 Å². The van der Waals surface area contributed by atoms with Crippen molar-refractivity contribution in [1.29, 1.82) is 0 Å². The average Bonchev–Trinajstić information content (AvgIpc) is 3.52. The smallest absolute Gasteiger partial charge is 0.257 e. The number of aromatic nitrogens is 4. The number of carbonyl (C=O) groups excluding carboxylic acids is 1. The highest BCUT2D eigenvalue weighted by molar-refractivity contribution is 7.15. The molecular formula is C31H36N6OS. The number of nitrogens with one attached hydrogen (secondary N) is 1. The molecule has 0 atom stereocenters. The number of amides is 1. The molecule has 0 saturated heterocycles. The lowest BCUT2D eigenvalue weighted by Gasteiger charge is -2.31. The van der Waals surface area contributed by atoms with Crippen molar-refractivity contribution in [2.45, 2.75) is 72.4 Å². The number of fused-ring (bicyclic) bond motifs is 1. The predicted octanol–water partition coefficient (Wildman–Crippen LogP) is 6.72. The first kappa shape index (κ1) is 25.7. The summed E-state index contributed by atoms with van der Waals surface area (Å²) in [6.45, 7) is 8.79. The number of thiazole rings is 1. The molecule has 1 aromatic carbocycles. The molecule has 0 unspecified atom stereocenters. The minimum absolute atomic E-state index is 0.108. The summed E-state index contributed by atoms with van der Waals surface area (Å²) in [5.74, 6) is 1.58. The van der Waals surface area contributed by atoms with Gasteiger partial charge in [-0.1, -0.05) is 31.4 Å². The van der Waals surface area contributed by atoms with Crippen LogP contribution in [0.4, 0.5) is 10.9 Å². The highest BCUT2D eigenvalue weighted by Gasteiger charge is 2.24. The highest BCUT2D eigenvalue weighted by atomic mass is 32.1. The van der Waals surface area contributed by atoms with E-state index in [2.05, 4.69) is 51.9 Å². The lowest BCUT2D eigenvalue weighted by atomic mass is 9.89. The third-order valence-electron chi connectivity index (χ3n) is 8.30. The summed E-state index contributed by atoms with van der Waals surface area (Å²) in [7, 11) is 0. The van der Waals surface area contributed by atoms with E-state index in [1.807, 2.05) is 25.3 Å². The molecular weight excluding hydrogens is 504 g/mol. The van der Waals surface area contributed by atoms with Crippen LogP contribution < -0.4 is 10.2 Å². The molecule has 0 radical (unpaired) electrons. The predicted molar refractivity (Wildman–Crippen MR) is 158 cm³/mol. The molecule has 0 bridgehead atoms. The molecule has 6 rings (SSSR count). The Bertz CT molecular complexity index is 1500. The fourth-order valence-electron chi connectivity index (χ4n) is 6.08. The van der Waals surface area contributed by atoms with Crippen LogP contribution in [0.2, 0.25) is 0 Å². The maximum absolute atomic E-state index is 13.2. The van der Waals surface area contributed by atoms with Gasteiger partial charge < -0.3 is 4.90 Å². The van der Waals surface area contributed by atoms with Gasteiger partial charge in [0.1, 0.15) is 5.82 Å². The highest BCUT2D eigenvalue weighted by Crippen LogP contribution is 2.32. The lowest BCUT2D eigenvalue weighted by Crippen LogP contribution is -2.33. The van der Waals surface area contributed by atoms with Crippen molar-refractivity contribution in [2.24, 2.45) is 5.92 Å². The lowest BCUT2D eigenvalue weighted by molar-refractivity contribution is 0.102. The van der Waals surface area contributed by atoms with E-state index in [9.17, 15) is 4.79 Å². The number of benzene rings is 1. The van der Waals surface area contributed by atoms with Crippen molar-refractivity contribution < 1.29 is 4.79 Å². The van der Waals surface area contributed by atoms with E-state index >= 15 is 0 Å². The number of aryl methyl sites for hydroxylation is 2. The summed E-state index contributed by atoms with van der Waals surface area (Å²) in [4.78, 5) is 25.9. The Morgan fingerprint density at radius 3 is 2.67 bits per heavy atom. The Morgan fingerprint density at radius 1 is 1.05 bits per heavy atom. The van der Waals surface area contributed by atoms with Crippen molar-refractivity contribution in [3.8, 4) is 11.1 Å². The van der Waals surface area contributed by atoms with Crippen LogP contribution >= 0.6 is 11.3 Å². The van der Waals surface area contributed by atoms with E-state index in [0.717, 1.165) is 52.9 Å². The fourth-order valence-corrected chi connectivity index (χ4v) is 6.74. The van der Waals surface area contributed by atoms with Crippen LogP contribution in [-0.2, 0) is 19.5 Å². The molecule has 4 aromatic rings. The van der Waals surface area contributed by atoms with Crippen molar-refractivity contribution in [1.82, 2.24) is 19.7 Å². The first-order valence-electron chi connectivity index (χ1n) is 14.1. The van der Waals surface area contributed by atoms with Gasteiger partial charge in [0.15, 0.2) is 5.13 Å². The summed E-state index contributed by atoms with van der Waals surface area (Å²) in [6, 6.07) is 10.3. The third-order valence-corrected chi connectivity index (χ3v) is 9.13. The van der Waals surface area contributed by atoms with Crippen molar-refractivity contribution in [2.75, 3.05) is 16.8 Å². The SMILES string of the molecule is Cc1cnc(NC(=O)c2cccc3c2CN(c2ccc(-c4cnn(CC5CCCCC5)c4C)c(C)n2)CC3)s1.